The fourth-order valence-electron chi connectivity index (χ4n) is 12.5. The second-order valence-electron chi connectivity index (χ2n) is 21.7. The Morgan fingerprint density at radius 3 is 0.826 bits per heavy atom. The molecule has 406 valence electrons. The zero-order chi connectivity index (χ0) is 56.9. The zero-order valence-corrected chi connectivity index (χ0v) is 48.4. The van der Waals surface area contributed by atoms with Gasteiger partial charge in [0, 0.05) is 86.6 Å². The van der Waals surface area contributed by atoms with Gasteiger partial charge in [0.1, 0.15) is 0 Å². The van der Waals surface area contributed by atoms with Crippen molar-refractivity contribution in [2.75, 3.05) is 9.80 Å². The maximum atomic E-state index is 2.42. The normalized spacial score (nSPS) is 11.5. The molecule has 0 spiro atoms. The van der Waals surface area contributed by atoms with E-state index in [1.54, 1.807) is 0 Å². The first-order valence-corrected chi connectivity index (χ1v) is 30.8. The molecular formula is C80H54N4S2. The van der Waals surface area contributed by atoms with Gasteiger partial charge < -0.3 is 18.9 Å². The lowest BCUT2D eigenvalue weighted by Gasteiger charge is -2.27. The number of rotatable bonds is 13. The highest BCUT2D eigenvalue weighted by Gasteiger charge is 2.21. The molecule has 0 amide bonds. The van der Waals surface area contributed by atoms with Gasteiger partial charge in [-0.3, -0.25) is 0 Å². The second kappa shape index (κ2) is 21.8. The third kappa shape index (κ3) is 9.25. The SMILES string of the molecule is c1ccc(-c2ccc(-c3ccc(N(c4ccc(-c5ccc(N(c6ccc7c(c6)c6ccccc6n7-c6ccccc6)c6ccc7c(c6)c6ccccc6n7-c6ccccc6)cc5)cc4)c4ccc(-c5ccc(-c6ccccc6)s5)cc4)cc3)s2)cc1. The highest BCUT2D eigenvalue weighted by atomic mass is 32.1. The van der Waals surface area contributed by atoms with Crippen LogP contribution in [0.15, 0.2) is 328 Å². The molecule has 0 fully saturated rings. The standard InChI is InChI=1S/C80H54N4S2/c1-5-17-57(18-6-1)77-49-51-79(85-77)59-33-41-64(42-34-59)81(65-43-35-60(36-44-65)80-52-50-78(86-80)58-19-7-2-8-20-58)63-37-29-55(30-38-63)56-31-39-66(40-32-56)82(67-45-47-75-71(53-67)69-25-13-15-27-73(69)83(75)61-21-9-3-10-22-61)68-46-48-76-72(54-68)70-26-14-16-28-74(70)84(76)62-23-11-4-12-24-62/h1-54H. The van der Waals surface area contributed by atoms with Gasteiger partial charge in [-0.2, -0.15) is 0 Å². The van der Waals surface area contributed by atoms with E-state index < -0.39 is 0 Å². The van der Waals surface area contributed by atoms with Crippen molar-refractivity contribution in [3.63, 3.8) is 0 Å². The monoisotopic (exact) mass is 1130 g/mol. The Hall–Kier alpha value is -10.8. The summed E-state index contributed by atoms with van der Waals surface area (Å²) in [6, 6.07) is 119. The van der Waals surface area contributed by atoms with Crippen molar-refractivity contribution >= 4 is 100 Å². The summed E-state index contributed by atoms with van der Waals surface area (Å²) >= 11 is 3.66. The van der Waals surface area contributed by atoms with Crippen molar-refractivity contribution in [2.24, 2.45) is 0 Å². The summed E-state index contributed by atoms with van der Waals surface area (Å²) in [5.41, 5.74) is 20.6. The number of anilines is 6. The summed E-state index contributed by atoms with van der Waals surface area (Å²) in [6.45, 7) is 0. The highest BCUT2D eigenvalue weighted by molar-refractivity contribution is 7.19. The van der Waals surface area contributed by atoms with Crippen LogP contribution in [0.1, 0.15) is 0 Å². The molecular weight excluding hydrogens is 1080 g/mol. The Kier molecular flexibility index (Phi) is 12.9. The third-order valence-electron chi connectivity index (χ3n) is 16.6. The van der Waals surface area contributed by atoms with Crippen molar-refractivity contribution in [2.45, 2.75) is 0 Å². The van der Waals surface area contributed by atoms with Crippen LogP contribution in [0.3, 0.4) is 0 Å². The lowest BCUT2D eigenvalue weighted by molar-refractivity contribution is 1.18. The predicted octanol–water partition coefficient (Wildman–Crippen LogP) is 23.3. The van der Waals surface area contributed by atoms with E-state index in [2.05, 4.69) is 347 Å². The molecule has 4 nitrogen and oxygen atoms in total. The van der Waals surface area contributed by atoms with Gasteiger partial charge in [-0.15, -0.1) is 22.7 Å². The molecule has 86 heavy (non-hydrogen) atoms. The number of hydrogen-bond donors (Lipinski definition) is 0. The predicted molar refractivity (Wildman–Crippen MR) is 367 cm³/mol. The molecule has 4 aromatic heterocycles. The van der Waals surface area contributed by atoms with Crippen LogP contribution in [0.5, 0.6) is 0 Å². The van der Waals surface area contributed by atoms with Crippen molar-refractivity contribution in [3.05, 3.63) is 328 Å². The smallest absolute Gasteiger partial charge is 0.0542 e. The van der Waals surface area contributed by atoms with Crippen LogP contribution in [0, 0.1) is 0 Å². The molecule has 0 unspecified atom stereocenters. The quantitative estimate of drug-likeness (QED) is 0.114. The number of thiophene rings is 2. The Morgan fingerprint density at radius 2 is 0.465 bits per heavy atom. The van der Waals surface area contributed by atoms with Gasteiger partial charge in [0.25, 0.3) is 0 Å². The summed E-state index contributed by atoms with van der Waals surface area (Å²) in [5, 5.41) is 4.83. The molecule has 0 bridgehead atoms. The zero-order valence-electron chi connectivity index (χ0n) is 46.8. The minimum absolute atomic E-state index is 1.07. The molecule has 0 aliphatic heterocycles. The van der Waals surface area contributed by atoms with Gasteiger partial charge in [-0.05, 0) is 179 Å². The number of aromatic nitrogens is 2. The molecule has 0 aliphatic rings. The number of fused-ring (bicyclic) bond motifs is 6. The molecule has 0 radical (unpaired) electrons. The molecule has 0 atom stereocenters. The van der Waals surface area contributed by atoms with Crippen LogP contribution in [-0.4, -0.2) is 9.13 Å². The van der Waals surface area contributed by atoms with Crippen LogP contribution in [0.25, 0.3) is 108 Å². The van der Waals surface area contributed by atoms with E-state index in [1.165, 1.54) is 85.4 Å². The maximum Gasteiger partial charge on any atom is 0.0542 e. The maximum absolute atomic E-state index is 2.42. The van der Waals surface area contributed by atoms with Gasteiger partial charge in [0.15, 0.2) is 0 Å². The van der Waals surface area contributed by atoms with Crippen molar-refractivity contribution in [1.82, 2.24) is 9.13 Å². The van der Waals surface area contributed by atoms with Gasteiger partial charge in [0.2, 0.25) is 0 Å². The average Bonchev–Trinajstić information content (AvgIpc) is 1.82. The third-order valence-corrected chi connectivity index (χ3v) is 19.0. The summed E-state index contributed by atoms with van der Waals surface area (Å²) in [6.07, 6.45) is 0. The van der Waals surface area contributed by atoms with E-state index in [4.69, 9.17) is 0 Å². The largest absolute Gasteiger partial charge is 0.311 e. The molecule has 6 heteroatoms. The van der Waals surface area contributed by atoms with Crippen molar-refractivity contribution in [3.8, 4) is 64.3 Å². The Morgan fingerprint density at radius 1 is 0.198 bits per heavy atom. The fraction of sp³-hybridized carbons (Fsp3) is 0. The molecule has 16 aromatic rings. The number of hydrogen-bond acceptors (Lipinski definition) is 4. The molecule has 12 aromatic carbocycles. The van der Waals surface area contributed by atoms with Crippen LogP contribution in [0.4, 0.5) is 34.1 Å². The van der Waals surface area contributed by atoms with E-state index in [1.807, 2.05) is 22.7 Å². The lowest BCUT2D eigenvalue weighted by Crippen LogP contribution is -2.10. The molecule has 4 heterocycles. The number of benzene rings is 12. The van der Waals surface area contributed by atoms with E-state index in [9.17, 15) is 0 Å². The summed E-state index contributed by atoms with van der Waals surface area (Å²) in [4.78, 5) is 9.82. The van der Waals surface area contributed by atoms with E-state index in [0.717, 1.165) is 56.6 Å². The average molecular weight is 1140 g/mol. The van der Waals surface area contributed by atoms with Gasteiger partial charge >= 0.3 is 0 Å². The van der Waals surface area contributed by atoms with Crippen molar-refractivity contribution in [1.29, 1.82) is 0 Å². The molecule has 0 saturated heterocycles. The first kappa shape index (κ1) is 50.9. The molecule has 0 saturated carbocycles. The number of para-hydroxylation sites is 4. The van der Waals surface area contributed by atoms with Gasteiger partial charge in [-0.1, -0.05) is 182 Å². The van der Waals surface area contributed by atoms with Crippen LogP contribution in [-0.2, 0) is 0 Å². The minimum atomic E-state index is 1.07. The highest BCUT2D eigenvalue weighted by Crippen LogP contribution is 2.45. The van der Waals surface area contributed by atoms with Gasteiger partial charge in [-0.25, -0.2) is 0 Å². The molecule has 0 aliphatic carbocycles. The van der Waals surface area contributed by atoms with Gasteiger partial charge in [0.05, 0.1) is 22.1 Å². The summed E-state index contributed by atoms with van der Waals surface area (Å²) in [5.74, 6) is 0. The van der Waals surface area contributed by atoms with E-state index >= 15 is 0 Å². The summed E-state index contributed by atoms with van der Waals surface area (Å²) in [7, 11) is 0. The molecule has 16 rings (SSSR count). The van der Waals surface area contributed by atoms with E-state index in [0.29, 0.717) is 0 Å². The topological polar surface area (TPSA) is 16.3 Å². The minimum Gasteiger partial charge on any atom is -0.311 e. The Labute approximate surface area is 507 Å². The van der Waals surface area contributed by atoms with Crippen LogP contribution >= 0.6 is 22.7 Å². The fourth-order valence-corrected chi connectivity index (χ4v) is 14.5. The molecule has 0 N–H and O–H groups in total. The second-order valence-corrected chi connectivity index (χ2v) is 23.9. The first-order valence-electron chi connectivity index (χ1n) is 29.1. The first-order chi connectivity index (χ1) is 42.6. The van der Waals surface area contributed by atoms with Crippen LogP contribution in [0.2, 0.25) is 0 Å². The lowest BCUT2D eigenvalue weighted by atomic mass is 10.0. The Balaban J connectivity index is 0.766. The van der Waals surface area contributed by atoms with E-state index in [-0.39, 0.29) is 0 Å². The number of nitrogens with zero attached hydrogens (tertiary/aromatic N) is 4. The van der Waals surface area contributed by atoms with Crippen molar-refractivity contribution < 1.29 is 0 Å². The van der Waals surface area contributed by atoms with Crippen LogP contribution < -0.4 is 9.80 Å². The Bertz CT molecular complexity index is 4780. The summed E-state index contributed by atoms with van der Waals surface area (Å²) < 4.78 is 4.77.